The minimum absolute atomic E-state index is 0.0513. The number of aromatic hydroxyl groups is 1. The molecule has 4 nitrogen and oxygen atoms in total. The summed E-state index contributed by atoms with van der Waals surface area (Å²) in [4.78, 5) is 11.2. The Morgan fingerprint density at radius 1 is 1.47 bits per heavy atom. The van der Waals surface area contributed by atoms with Crippen molar-refractivity contribution in [1.82, 2.24) is 0 Å². The maximum Gasteiger partial charge on any atom is 0.325 e. The van der Waals surface area contributed by atoms with E-state index in [1.807, 2.05) is 0 Å². The molecule has 0 radical (unpaired) electrons. The first-order chi connectivity index (χ1) is 7.09. The Labute approximate surface area is 88.9 Å². The van der Waals surface area contributed by atoms with Crippen molar-refractivity contribution in [3.05, 3.63) is 24.3 Å². The van der Waals surface area contributed by atoms with E-state index in [0.29, 0.717) is 5.69 Å². The van der Waals surface area contributed by atoms with Gasteiger partial charge in [-0.1, -0.05) is 12.1 Å². The zero-order valence-electron chi connectivity index (χ0n) is 8.86. The molecule has 82 valence electrons. The third-order valence-electron chi connectivity index (χ3n) is 1.69. The van der Waals surface area contributed by atoms with E-state index in [2.05, 4.69) is 5.32 Å². The molecule has 0 unspecified atom stereocenters. The Bertz CT molecular complexity index is 336. The summed E-state index contributed by atoms with van der Waals surface area (Å²) in [6, 6.07) is 6.73. The molecular weight excluding hydrogens is 194 g/mol. The second-order valence-corrected chi connectivity index (χ2v) is 3.41. The predicted molar refractivity (Wildman–Crippen MR) is 57.8 cm³/mol. The van der Waals surface area contributed by atoms with Gasteiger partial charge in [0.05, 0.1) is 11.8 Å². The molecule has 0 fully saturated rings. The number of ether oxygens (including phenoxy) is 1. The fourth-order valence-electron chi connectivity index (χ4n) is 1.10. The van der Waals surface area contributed by atoms with Gasteiger partial charge in [-0.15, -0.1) is 0 Å². The highest BCUT2D eigenvalue weighted by molar-refractivity contribution is 5.76. The first-order valence-electron chi connectivity index (χ1n) is 4.81. The second kappa shape index (κ2) is 5.24. The molecule has 0 aliphatic rings. The zero-order valence-corrected chi connectivity index (χ0v) is 8.86. The van der Waals surface area contributed by atoms with Gasteiger partial charge in [-0.2, -0.15) is 0 Å². The summed E-state index contributed by atoms with van der Waals surface area (Å²) in [6.07, 6.45) is -0.122. The third-order valence-corrected chi connectivity index (χ3v) is 1.69. The maximum atomic E-state index is 11.2. The van der Waals surface area contributed by atoms with Gasteiger partial charge in [-0.05, 0) is 26.0 Å². The summed E-state index contributed by atoms with van der Waals surface area (Å²) in [5.74, 6) is -0.219. The van der Waals surface area contributed by atoms with Crippen LogP contribution in [-0.4, -0.2) is 23.7 Å². The molecule has 0 spiro atoms. The van der Waals surface area contributed by atoms with Crippen molar-refractivity contribution in [2.45, 2.75) is 20.0 Å². The van der Waals surface area contributed by atoms with Gasteiger partial charge < -0.3 is 15.2 Å². The van der Waals surface area contributed by atoms with Crippen LogP contribution in [0.15, 0.2) is 24.3 Å². The van der Waals surface area contributed by atoms with Crippen LogP contribution in [0.4, 0.5) is 5.69 Å². The van der Waals surface area contributed by atoms with E-state index < -0.39 is 0 Å². The fraction of sp³-hybridized carbons (Fsp3) is 0.364. The Kier molecular flexibility index (Phi) is 3.97. The summed E-state index contributed by atoms with van der Waals surface area (Å²) in [5.41, 5.74) is 0.526. The Hall–Kier alpha value is -1.71. The van der Waals surface area contributed by atoms with E-state index in [4.69, 9.17) is 4.74 Å². The molecule has 1 aromatic rings. The molecule has 0 aliphatic heterocycles. The molecule has 0 heterocycles. The standard InChI is InChI=1S/C11H15NO3/c1-8(2)15-11(14)7-12-9-5-3-4-6-10(9)13/h3-6,8,12-13H,7H2,1-2H3. The van der Waals surface area contributed by atoms with Gasteiger partial charge in [-0.3, -0.25) is 4.79 Å². The van der Waals surface area contributed by atoms with Crippen molar-refractivity contribution in [2.24, 2.45) is 0 Å². The summed E-state index contributed by atoms with van der Waals surface area (Å²) in [7, 11) is 0. The number of rotatable bonds is 4. The van der Waals surface area contributed by atoms with Gasteiger partial charge >= 0.3 is 5.97 Å². The third kappa shape index (κ3) is 3.89. The van der Waals surface area contributed by atoms with E-state index in [9.17, 15) is 9.90 Å². The van der Waals surface area contributed by atoms with Gasteiger partial charge in [0, 0.05) is 0 Å². The smallest absolute Gasteiger partial charge is 0.325 e. The highest BCUT2D eigenvalue weighted by Crippen LogP contribution is 2.20. The molecule has 2 N–H and O–H groups in total. The van der Waals surface area contributed by atoms with E-state index >= 15 is 0 Å². The van der Waals surface area contributed by atoms with E-state index in [1.54, 1.807) is 38.1 Å². The number of hydrogen-bond donors (Lipinski definition) is 2. The monoisotopic (exact) mass is 209 g/mol. The van der Waals surface area contributed by atoms with E-state index in [0.717, 1.165) is 0 Å². The van der Waals surface area contributed by atoms with Gasteiger partial charge in [0.1, 0.15) is 12.3 Å². The second-order valence-electron chi connectivity index (χ2n) is 3.41. The van der Waals surface area contributed by atoms with Crippen molar-refractivity contribution in [1.29, 1.82) is 0 Å². The number of carbonyl (C=O) groups excluding carboxylic acids is 1. The molecule has 0 saturated carbocycles. The van der Waals surface area contributed by atoms with Crippen molar-refractivity contribution < 1.29 is 14.6 Å². The first-order valence-corrected chi connectivity index (χ1v) is 4.81. The van der Waals surface area contributed by atoms with Gasteiger partial charge in [-0.25, -0.2) is 0 Å². The maximum absolute atomic E-state index is 11.2. The summed E-state index contributed by atoms with van der Waals surface area (Å²) in [6.45, 7) is 3.63. The SMILES string of the molecule is CC(C)OC(=O)CNc1ccccc1O. The van der Waals surface area contributed by atoms with Gasteiger partial charge in [0.2, 0.25) is 0 Å². The molecule has 0 aromatic heterocycles. The van der Waals surface area contributed by atoms with E-state index in [1.165, 1.54) is 0 Å². The molecule has 0 amide bonds. The van der Waals surface area contributed by atoms with Crippen LogP contribution >= 0.6 is 0 Å². The lowest BCUT2D eigenvalue weighted by Crippen LogP contribution is -2.20. The molecule has 0 saturated heterocycles. The number of carbonyl (C=O) groups is 1. The van der Waals surface area contributed by atoms with Crippen molar-refractivity contribution in [3.63, 3.8) is 0 Å². The number of hydrogen-bond acceptors (Lipinski definition) is 4. The highest BCUT2D eigenvalue weighted by Gasteiger charge is 2.06. The van der Waals surface area contributed by atoms with Crippen LogP contribution in [0.2, 0.25) is 0 Å². The normalized spacial score (nSPS) is 10.1. The lowest BCUT2D eigenvalue weighted by molar-refractivity contribution is -0.145. The lowest BCUT2D eigenvalue weighted by Gasteiger charge is -2.10. The van der Waals surface area contributed by atoms with Crippen LogP contribution in [0.5, 0.6) is 5.75 Å². The molecule has 1 rings (SSSR count). The molecular formula is C11H15NO3. The number of esters is 1. The topological polar surface area (TPSA) is 58.6 Å². The largest absolute Gasteiger partial charge is 0.506 e. The molecule has 15 heavy (non-hydrogen) atoms. The minimum Gasteiger partial charge on any atom is -0.506 e. The van der Waals surface area contributed by atoms with Crippen LogP contribution in [0.3, 0.4) is 0 Å². The molecule has 1 aromatic carbocycles. The van der Waals surface area contributed by atoms with Gasteiger partial charge in [0.15, 0.2) is 0 Å². The van der Waals surface area contributed by atoms with Crippen LogP contribution in [-0.2, 0) is 9.53 Å². The number of nitrogens with one attached hydrogen (secondary N) is 1. The Balaban J connectivity index is 2.44. The van der Waals surface area contributed by atoms with Crippen molar-refractivity contribution in [3.8, 4) is 5.75 Å². The first kappa shape index (κ1) is 11.4. The molecule has 0 atom stereocenters. The lowest BCUT2D eigenvalue weighted by atomic mass is 10.3. The van der Waals surface area contributed by atoms with Gasteiger partial charge in [0.25, 0.3) is 0 Å². The fourth-order valence-corrected chi connectivity index (χ4v) is 1.10. The average Bonchev–Trinajstić information content (AvgIpc) is 2.15. The number of phenolic OH excluding ortho intramolecular Hbond substituents is 1. The Morgan fingerprint density at radius 2 is 2.13 bits per heavy atom. The molecule has 0 bridgehead atoms. The summed E-state index contributed by atoms with van der Waals surface area (Å²) < 4.78 is 4.93. The number of anilines is 1. The number of phenols is 1. The van der Waals surface area contributed by atoms with Crippen LogP contribution < -0.4 is 5.32 Å². The molecule has 4 heteroatoms. The van der Waals surface area contributed by atoms with Crippen LogP contribution in [0, 0.1) is 0 Å². The Morgan fingerprint density at radius 3 is 2.73 bits per heavy atom. The van der Waals surface area contributed by atoms with Crippen molar-refractivity contribution in [2.75, 3.05) is 11.9 Å². The predicted octanol–water partition coefficient (Wildman–Crippen LogP) is 1.76. The number of para-hydroxylation sites is 2. The summed E-state index contributed by atoms with van der Waals surface area (Å²) >= 11 is 0. The zero-order chi connectivity index (χ0) is 11.3. The quantitative estimate of drug-likeness (QED) is 0.586. The number of benzene rings is 1. The van der Waals surface area contributed by atoms with Crippen molar-refractivity contribution >= 4 is 11.7 Å². The average molecular weight is 209 g/mol. The van der Waals surface area contributed by atoms with Crippen LogP contribution in [0.25, 0.3) is 0 Å². The highest BCUT2D eigenvalue weighted by atomic mass is 16.5. The summed E-state index contributed by atoms with van der Waals surface area (Å²) in [5, 5.41) is 12.2. The minimum atomic E-state index is -0.340. The van der Waals surface area contributed by atoms with Crippen LogP contribution in [0.1, 0.15) is 13.8 Å². The van der Waals surface area contributed by atoms with E-state index in [-0.39, 0.29) is 24.4 Å². The molecule has 0 aliphatic carbocycles.